The first-order valence-corrected chi connectivity index (χ1v) is 9.47. The first kappa shape index (κ1) is 18.8. The van der Waals surface area contributed by atoms with Crippen molar-refractivity contribution in [3.05, 3.63) is 48.2 Å². The van der Waals surface area contributed by atoms with Crippen LogP contribution in [0.5, 0.6) is 17.2 Å². The SMILES string of the molecule is COc1cccc(-c2nnc(NC(=O)c3cc4c(OC)ccc(OC)c4[nH]3)s2)c1. The lowest BCUT2D eigenvalue weighted by Crippen LogP contribution is -2.11. The Bertz CT molecular complexity index is 1140. The molecule has 0 saturated heterocycles. The molecule has 0 spiro atoms. The fourth-order valence-corrected chi connectivity index (χ4v) is 3.68. The summed E-state index contributed by atoms with van der Waals surface area (Å²) in [5.41, 5.74) is 1.91. The van der Waals surface area contributed by atoms with Gasteiger partial charge in [0.15, 0.2) is 0 Å². The van der Waals surface area contributed by atoms with Crippen LogP contribution in [0.4, 0.5) is 5.13 Å². The average Bonchev–Trinajstić information content (AvgIpc) is 3.40. The van der Waals surface area contributed by atoms with Gasteiger partial charge in [-0.1, -0.05) is 23.5 Å². The summed E-state index contributed by atoms with van der Waals surface area (Å²) in [5.74, 6) is 1.66. The highest BCUT2D eigenvalue weighted by molar-refractivity contribution is 7.18. The van der Waals surface area contributed by atoms with Crippen LogP contribution in [0.1, 0.15) is 10.5 Å². The van der Waals surface area contributed by atoms with Crippen molar-refractivity contribution in [3.63, 3.8) is 0 Å². The van der Waals surface area contributed by atoms with Crippen molar-refractivity contribution in [1.82, 2.24) is 15.2 Å². The van der Waals surface area contributed by atoms with Gasteiger partial charge in [-0.05, 0) is 30.3 Å². The van der Waals surface area contributed by atoms with E-state index >= 15 is 0 Å². The molecule has 0 aliphatic carbocycles. The summed E-state index contributed by atoms with van der Waals surface area (Å²) >= 11 is 1.28. The molecule has 0 aliphatic heterocycles. The summed E-state index contributed by atoms with van der Waals surface area (Å²) in [6, 6.07) is 12.8. The molecule has 2 aromatic heterocycles. The smallest absolute Gasteiger partial charge is 0.273 e. The number of aromatic amines is 1. The number of hydrogen-bond donors (Lipinski definition) is 2. The zero-order valence-electron chi connectivity index (χ0n) is 16.0. The number of amides is 1. The Balaban J connectivity index is 1.59. The second kappa shape index (κ2) is 7.80. The van der Waals surface area contributed by atoms with E-state index in [0.717, 1.165) is 16.7 Å². The number of carbonyl (C=O) groups excluding carboxylic acids is 1. The van der Waals surface area contributed by atoms with Crippen LogP contribution in [0, 0.1) is 0 Å². The van der Waals surface area contributed by atoms with Gasteiger partial charge in [0, 0.05) is 10.9 Å². The maximum atomic E-state index is 12.7. The van der Waals surface area contributed by atoms with E-state index in [1.165, 1.54) is 11.3 Å². The van der Waals surface area contributed by atoms with Crippen LogP contribution >= 0.6 is 11.3 Å². The highest BCUT2D eigenvalue weighted by Crippen LogP contribution is 2.34. The molecule has 4 rings (SSSR count). The van der Waals surface area contributed by atoms with E-state index < -0.39 is 0 Å². The number of H-pyrrole nitrogens is 1. The second-order valence-electron chi connectivity index (χ2n) is 6.04. The van der Waals surface area contributed by atoms with Crippen LogP contribution in [-0.4, -0.2) is 42.4 Å². The van der Waals surface area contributed by atoms with Crippen molar-refractivity contribution in [3.8, 4) is 27.8 Å². The third-order valence-electron chi connectivity index (χ3n) is 4.36. The van der Waals surface area contributed by atoms with Gasteiger partial charge in [0.1, 0.15) is 28.0 Å². The lowest BCUT2D eigenvalue weighted by atomic mass is 10.2. The van der Waals surface area contributed by atoms with Gasteiger partial charge >= 0.3 is 0 Å². The normalized spacial score (nSPS) is 10.7. The first-order chi connectivity index (χ1) is 14.1. The summed E-state index contributed by atoms with van der Waals surface area (Å²) in [7, 11) is 4.76. The molecule has 9 heteroatoms. The van der Waals surface area contributed by atoms with E-state index in [1.54, 1.807) is 39.5 Å². The van der Waals surface area contributed by atoms with E-state index in [9.17, 15) is 4.79 Å². The molecule has 0 fully saturated rings. The number of methoxy groups -OCH3 is 3. The number of carbonyl (C=O) groups is 1. The van der Waals surface area contributed by atoms with Gasteiger partial charge in [-0.3, -0.25) is 10.1 Å². The molecule has 0 atom stereocenters. The van der Waals surface area contributed by atoms with Gasteiger partial charge in [0.25, 0.3) is 5.91 Å². The quantitative estimate of drug-likeness (QED) is 0.499. The van der Waals surface area contributed by atoms with Gasteiger partial charge in [0.2, 0.25) is 5.13 Å². The van der Waals surface area contributed by atoms with Crippen LogP contribution in [0.3, 0.4) is 0 Å². The molecule has 2 aromatic carbocycles. The fraction of sp³-hybridized carbons (Fsp3) is 0.150. The van der Waals surface area contributed by atoms with Crippen molar-refractivity contribution in [2.45, 2.75) is 0 Å². The summed E-state index contributed by atoms with van der Waals surface area (Å²) in [5, 5.41) is 12.8. The highest BCUT2D eigenvalue weighted by Gasteiger charge is 2.17. The Morgan fingerprint density at radius 2 is 1.79 bits per heavy atom. The third kappa shape index (κ3) is 3.59. The summed E-state index contributed by atoms with van der Waals surface area (Å²) in [6.45, 7) is 0. The number of rotatable bonds is 6. The van der Waals surface area contributed by atoms with Crippen LogP contribution in [-0.2, 0) is 0 Å². The van der Waals surface area contributed by atoms with E-state index in [1.807, 2.05) is 24.3 Å². The Hall–Kier alpha value is -3.59. The van der Waals surface area contributed by atoms with E-state index in [4.69, 9.17) is 14.2 Å². The molecular formula is C20H18N4O4S. The van der Waals surface area contributed by atoms with Gasteiger partial charge < -0.3 is 19.2 Å². The Morgan fingerprint density at radius 3 is 2.55 bits per heavy atom. The number of hydrogen-bond acceptors (Lipinski definition) is 7. The molecule has 0 bridgehead atoms. The lowest BCUT2D eigenvalue weighted by Gasteiger charge is -2.05. The Labute approximate surface area is 170 Å². The number of benzene rings is 2. The Morgan fingerprint density at radius 1 is 1.00 bits per heavy atom. The molecule has 8 nitrogen and oxygen atoms in total. The Kier molecular flexibility index (Phi) is 5.05. The largest absolute Gasteiger partial charge is 0.497 e. The van der Waals surface area contributed by atoms with Crippen molar-refractivity contribution < 1.29 is 19.0 Å². The van der Waals surface area contributed by atoms with E-state index in [2.05, 4.69) is 20.5 Å². The molecule has 0 saturated carbocycles. The number of nitrogens with zero attached hydrogens (tertiary/aromatic N) is 2. The van der Waals surface area contributed by atoms with Crippen LogP contribution in [0.2, 0.25) is 0 Å². The minimum atomic E-state index is -0.335. The average molecular weight is 410 g/mol. The standard InChI is InChI=1S/C20H18N4O4S/c1-26-12-6-4-5-11(9-12)19-23-24-20(29-19)22-18(25)14-10-13-15(27-2)7-8-16(28-3)17(13)21-14/h4-10,21H,1-3H3,(H,22,24,25). The molecule has 0 unspecified atom stereocenters. The first-order valence-electron chi connectivity index (χ1n) is 8.66. The van der Waals surface area contributed by atoms with Crippen LogP contribution < -0.4 is 19.5 Å². The predicted molar refractivity (Wildman–Crippen MR) is 111 cm³/mol. The summed E-state index contributed by atoms with van der Waals surface area (Å²) in [6.07, 6.45) is 0. The molecule has 1 amide bonds. The molecule has 2 N–H and O–H groups in total. The number of aromatic nitrogens is 3. The lowest BCUT2D eigenvalue weighted by molar-refractivity contribution is 0.102. The topological polar surface area (TPSA) is 98.4 Å². The minimum absolute atomic E-state index is 0.335. The predicted octanol–water partition coefficient (Wildman–Crippen LogP) is 3.96. The van der Waals surface area contributed by atoms with Crippen LogP contribution in [0.25, 0.3) is 21.5 Å². The van der Waals surface area contributed by atoms with Crippen molar-refractivity contribution in [2.24, 2.45) is 0 Å². The van der Waals surface area contributed by atoms with Crippen LogP contribution in [0.15, 0.2) is 42.5 Å². The van der Waals surface area contributed by atoms with Crippen molar-refractivity contribution in [2.75, 3.05) is 26.6 Å². The number of fused-ring (bicyclic) bond motifs is 1. The van der Waals surface area contributed by atoms with E-state index in [-0.39, 0.29) is 5.91 Å². The van der Waals surface area contributed by atoms with Crippen molar-refractivity contribution >= 4 is 33.3 Å². The fourth-order valence-electron chi connectivity index (χ4n) is 2.95. The molecular weight excluding hydrogens is 392 g/mol. The zero-order valence-corrected chi connectivity index (χ0v) is 16.8. The molecule has 0 radical (unpaired) electrons. The monoisotopic (exact) mass is 410 g/mol. The van der Waals surface area contributed by atoms with E-state index in [0.29, 0.717) is 32.8 Å². The molecule has 2 heterocycles. The van der Waals surface area contributed by atoms with Crippen molar-refractivity contribution in [1.29, 1.82) is 0 Å². The number of ether oxygens (including phenoxy) is 3. The molecule has 4 aromatic rings. The molecule has 29 heavy (non-hydrogen) atoms. The summed E-state index contributed by atoms with van der Waals surface area (Å²) in [4.78, 5) is 15.8. The second-order valence-corrected chi connectivity index (χ2v) is 7.02. The van der Waals surface area contributed by atoms with Gasteiger partial charge in [-0.25, -0.2) is 0 Å². The highest BCUT2D eigenvalue weighted by atomic mass is 32.1. The number of nitrogens with one attached hydrogen (secondary N) is 2. The third-order valence-corrected chi connectivity index (χ3v) is 5.25. The minimum Gasteiger partial charge on any atom is -0.497 e. The maximum Gasteiger partial charge on any atom is 0.273 e. The molecule has 0 aliphatic rings. The number of anilines is 1. The zero-order chi connectivity index (χ0) is 20.4. The maximum absolute atomic E-state index is 12.7. The van der Waals surface area contributed by atoms with Gasteiger partial charge in [-0.15, -0.1) is 10.2 Å². The molecule has 148 valence electrons. The summed E-state index contributed by atoms with van der Waals surface area (Å²) < 4.78 is 16.0. The van der Waals surface area contributed by atoms with Gasteiger partial charge in [-0.2, -0.15) is 0 Å². The van der Waals surface area contributed by atoms with Gasteiger partial charge in [0.05, 0.1) is 26.8 Å².